The van der Waals surface area contributed by atoms with Gasteiger partial charge in [0.1, 0.15) is 8.25 Å². The summed E-state index contributed by atoms with van der Waals surface area (Å²) < 4.78 is 8.63. The maximum Gasteiger partial charge on any atom is 1.00 e. The van der Waals surface area contributed by atoms with Crippen molar-refractivity contribution in [1.82, 2.24) is 9.97 Å². The van der Waals surface area contributed by atoms with Gasteiger partial charge in [-0.2, -0.15) is 0 Å². The molecule has 1 aromatic rings. The molecule has 0 bridgehead atoms. The van der Waals surface area contributed by atoms with Crippen LogP contribution in [0.5, 0.6) is 0 Å². The number of nitrogens with zero attached hydrogens (tertiary/aromatic N) is 2. The summed E-state index contributed by atoms with van der Waals surface area (Å²) in [5.74, 6) is 0. The Morgan fingerprint density at radius 1 is 1.17 bits per heavy atom. The van der Waals surface area contributed by atoms with E-state index in [1.807, 2.05) is 0 Å². The fraction of sp³-hybridized carbons (Fsp3) is 0. The standard InChI is InChI=1S/C4H4N2.K.H3O3P.H2O/c1-2-6-4-3-5-1;;1-4(2)3;/h1-4H;;4H,(H2,1,2,3);1H2/q;+1;;/p-1. The number of aromatic nitrogens is 2. The van der Waals surface area contributed by atoms with Crippen LogP contribution in [0.1, 0.15) is 0 Å². The molecule has 0 radical (unpaired) electrons. The second-order valence-electron chi connectivity index (χ2n) is 1.16. The van der Waals surface area contributed by atoms with Gasteiger partial charge in [0, 0.05) is 24.8 Å². The molecule has 0 saturated carbocycles. The normalized spacial score (nSPS) is 9.17. The van der Waals surface area contributed by atoms with Crippen LogP contribution >= 0.6 is 8.25 Å². The molecule has 0 fully saturated rings. The van der Waals surface area contributed by atoms with E-state index >= 15 is 0 Å². The first-order valence-corrected chi connectivity index (χ1v) is 3.60. The quantitative estimate of drug-likeness (QED) is 0.347. The molecule has 6 nitrogen and oxygen atoms in total. The van der Waals surface area contributed by atoms with Crippen molar-refractivity contribution in [2.24, 2.45) is 0 Å². The molecule has 1 unspecified atom stereocenters. The molecule has 64 valence electrons. The van der Waals surface area contributed by atoms with Crippen LogP contribution in [0.3, 0.4) is 0 Å². The Balaban J connectivity index is -0.000000124. The molecule has 8 heteroatoms. The molecule has 0 aromatic carbocycles. The van der Waals surface area contributed by atoms with E-state index < -0.39 is 8.25 Å². The van der Waals surface area contributed by atoms with E-state index in [2.05, 4.69) is 9.97 Å². The molecule has 1 heterocycles. The Labute approximate surface area is 113 Å². The molecular formula is C4H8KN2O4P. The Hall–Kier alpha value is 0.826. The summed E-state index contributed by atoms with van der Waals surface area (Å²) in [6.07, 6.45) is 6.56. The van der Waals surface area contributed by atoms with E-state index in [4.69, 9.17) is 14.4 Å². The minimum absolute atomic E-state index is 0. The fourth-order valence-corrected chi connectivity index (χ4v) is 0.253. The van der Waals surface area contributed by atoms with Crippen molar-refractivity contribution in [1.29, 1.82) is 0 Å². The van der Waals surface area contributed by atoms with Gasteiger partial charge in [0.15, 0.2) is 0 Å². The molecule has 1 atom stereocenters. The van der Waals surface area contributed by atoms with Gasteiger partial charge in [0.05, 0.1) is 0 Å². The molecule has 3 N–H and O–H groups in total. The van der Waals surface area contributed by atoms with Crippen molar-refractivity contribution in [3.05, 3.63) is 24.8 Å². The summed E-state index contributed by atoms with van der Waals surface area (Å²) in [5.41, 5.74) is 0. The van der Waals surface area contributed by atoms with Gasteiger partial charge in [-0.3, -0.25) is 9.97 Å². The van der Waals surface area contributed by atoms with Crippen LogP contribution in [0, 0.1) is 0 Å². The summed E-state index contributed by atoms with van der Waals surface area (Å²) in [4.78, 5) is 23.1. The predicted octanol–water partition coefficient (Wildman–Crippen LogP) is -4.62. The average molecular weight is 218 g/mol. The fourth-order valence-electron chi connectivity index (χ4n) is 0.253. The molecule has 0 amide bonds. The third kappa shape index (κ3) is 22.4. The van der Waals surface area contributed by atoms with E-state index in [0.29, 0.717) is 0 Å². The van der Waals surface area contributed by atoms with Crippen molar-refractivity contribution in [3.63, 3.8) is 0 Å². The minimum atomic E-state index is -3.38. The largest absolute Gasteiger partial charge is 1.00 e. The third-order valence-corrected chi connectivity index (χ3v) is 0.478. The van der Waals surface area contributed by atoms with E-state index in [1.165, 1.54) is 0 Å². The SMILES string of the molecule is O.O=[PH]([O-])O.[K+].c1cnccn1. The van der Waals surface area contributed by atoms with Crippen molar-refractivity contribution in [3.8, 4) is 0 Å². The molecular weight excluding hydrogens is 210 g/mol. The first-order chi connectivity index (χ1) is 4.73. The van der Waals surface area contributed by atoms with Crippen molar-refractivity contribution < 1.29 is 71.2 Å². The number of hydrogen-bond donors (Lipinski definition) is 1. The summed E-state index contributed by atoms with van der Waals surface area (Å²) in [6.45, 7) is 0. The monoisotopic (exact) mass is 218 g/mol. The van der Waals surface area contributed by atoms with E-state index in [-0.39, 0.29) is 56.9 Å². The van der Waals surface area contributed by atoms with Gasteiger partial charge < -0.3 is 19.8 Å². The molecule has 0 aliphatic rings. The Kier molecular flexibility index (Phi) is 22.2. The van der Waals surface area contributed by atoms with Crippen LogP contribution in [0.15, 0.2) is 24.8 Å². The molecule has 0 saturated heterocycles. The maximum atomic E-state index is 8.63. The van der Waals surface area contributed by atoms with Gasteiger partial charge in [0.2, 0.25) is 0 Å². The summed E-state index contributed by atoms with van der Waals surface area (Å²) >= 11 is 0. The van der Waals surface area contributed by atoms with Crippen LogP contribution in [0.25, 0.3) is 0 Å². The average Bonchev–Trinajstić information content (AvgIpc) is 1.90. The van der Waals surface area contributed by atoms with E-state index in [0.717, 1.165) is 0 Å². The van der Waals surface area contributed by atoms with Gasteiger partial charge in [-0.25, -0.2) is 0 Å². The molecule has 0 aliphatic carbocycles. The minimum Gasteiger partial charge on any atom is -0.781 e. The Bertz CT molecular complexity index is 157. The van der Waals surface area contributed by atoms with E-state index in [1.54, 1.807) is 24.8 Å². The second-order valence-corrected chi connectivity index (χ2v) is 1.69. The van der Waals surface area contributed by atoms with Crippen molar-refractivity contribution in [2.75, 3.05) is 0 Å². The molecule has 12 heavy (non-hydrogen) atoms. The van der Waals surface area contributed by atoms with Gasteiger partial charge in [-0.05, 0) is 0 Å². The predicted molar refractivity (Wildman–Crippen MR) is 36.9 cm³/mol. The smallest absolute Gasteiger partial charge is 0.781 e. The Morgan fingerprint density at radius 3 is 1.42 bits per heavy atom. The first-order valence-electron chi connectivity index (χ1n) is 2.33. The number of rotatable bonds is 0. The zero-order valence-electron chi connectivity index (χ0n) is 6.47. The first kappa shape index (κ1) is 18.6. The van der Waals surface area contributed by atoms with Crippen LogP contribution in [-0.2, 0) is 4.57 Å². The molecule has 0 aliphatic heterocycles. The van der Waals surface area contributed by atoms with Gasteiger partial charge >= 0.3 is 51.4 Å². The van der Waals surface area contributed by atoms with Crippen LogP contribution in [-0.4, -0.2) is 20.3 Å². The van der Waals surface area contributed by atoms with Crippen LogP contribution < -0.4 is 56.3 Å². The summed E-state index contributed by atoms with van der Waals surface area (Å²) in [7, 11) is -3.38. The maximum absolute atomic E-state index is 8.63. The summed E-state index contributed by atoms with van der Waals surface area (Å²) in [6, 6.07) is 0. The van der Waals surface area contributed by atoms with E-state index in [9.17, 15) is 0 Å². The second kappa shape index (κ2) is 14.4. The van der Waals surface area contributed by atoms with Crippen LogP contribution in [0.4, 0.5) is 0 Å². The topological polar surface area (TPSA) is 118 Å². The molecule has 0 spiro atoms. The third-order valence-electron chi connectivity index (χ3n) is 0.478. The zero-order chi connectivity index (χ0) is 7.82. The van der Waals surface area contributed by atoms with Gasteiger partial charge in [-0.1, -0.05) is 0 Å². The van der Waals surface area contributed by atoms with Crippen molar-refractivity contribution in [2.45, 2.75) is 0 Å². The summed E-state index contributed by atoms with van der Waals surface area (Å²) in [5, 5.41) is 0. The molecule has 1 aromatic heterocycles. The molecule has 1 rings (SSSR count). The van der Waals surface area contributed by atoms with Crippen molar-refractivity contribution >= 4 is 8.25 Å². The Morgan fingerprint density at radius 2 is 1.33 bits per heavy atom. The van der Waals surface area contributed by atoms with Gasteiger partial charge in [-0.15, -0.1) is 0 Å². The zero-order valence-corrected chi connectivity index (χ0v) is 10.6. The van der Waals surface area contributed by atoms with Gasteiger partial charge in [0.25, 0.3) is 0 Å². The van der Waals surface area contributed by atoms with Crippen LogP contribution in [0.2, 0.25) is 0 Å². The number of hydrogen-bond acceptors (Lipinski definition) is 4.